The van der Waals surface area contributed by atoms with E-state index < -0.39 is 23.9 Å². The molecule has 3 aromatic rings. The predicted octanol–water partition coefficient (Wildman–Crippen LogP) is 3.98. The molecule has 0 fully saturated rings. The van der Waals surface area contributed by atoms with Crippen molar-refractivity contribution in [3.8, 4) is 11.5 Å². The predicted molar refractivity (Wildman–Crippen MR) is 134 cm³/mol. The summed E-state index contributed by atoms with van der Waals surface area (Å²) in [7, 11) is 0. The summed E-state index contributed by atoms with van der Waals surface area (Å²) in [6, 6.07) is 22.6. The first-order valence-corrected chi connectivity index (χ1v) is 11.6. The summed E-state index contributed by atoms with van der Waals surface area (Å²) in [5.74, 6) is -0.128. The third-order valence-electron chi connectivity index (χ3n) is 5.26. The normalized spacial score (nSPS) is 11.4. The molecule has 3 rings (SSSR count). The molecule has 3 aromatic carbocycles. The second kappa shape index (κ2) is 13.1. The molecule has 0 bridgehead atoms. The highest BCUT2D eigenvalue weighted by atomic mass is 16.5. The first-order valence-electron chi connectivity index (χ1n) is 11.6. The van der Waals surface area contributed by atoms with Crippen molar-refractivity contribution in [3.05, 3.63) is 95.6 Å². The molecule has 0 saturated heterocycles. The lowest BCUT2D eigenvalue weighted by Crippen LogP contribution is -2.45. The summed E-state index contributed by atoms with van der Waals surface area (Å²) in [6.07, 6.45) is 0. The van der Waals surface area contributed by atoms with Gasteiger partial charge in [0.15, 0.2) is 0 Å². The number of carbonyl (C=O) groups is 3. The van der Waals surface area contributed by atoms with Gasteiger partial charge in [-0.1, -0.05) is 56.3 Å². The SMILES string of the molecule is CC(C)C(N)C(=O)NCC(=O)OCc1ccc(C(=O)OCc2cccc(Oc3ccccc3)c2)cc1. The van der Waals surface area contributed by atoms with Gasteiger partial charge in [0.2, 0.25) is 5.91 Å². The number of nitrogens with two attached hydrogens (primary N) is 1. The lowest BCUT2D eigenvalue weighted by atomic mass is 10.1. The summed E-state index contributed by atoms with van der Waals surface area (Å²) in [6.45, 7) is 3.48. The molecular formula is C28H30N2O6. The van der Waals surface area contributed by atoms with Crippen LogP contribution in [0.3, 0.4) is 0 Å². The van der Waals surface area contributed by atoms with E-state index in [-0.39, 0.29) is 25.7 Å². The number of hydrogen-bond acceptors (Lipinski definition) is 7. The highest BCUT2D eigenvalue weighted by Gasteiger charge is 2.18. The lowest BCUT2D eigenvalue weighted by molar-refractivity contribution is -0.145. The molecule has 3 N–H and O–H groups in total. The minimum Gasteiger partial charge on any atom is -0.460 e. The number of esters is 2. The average molecular weight is 491 g/mol. The second-order valence-electron chi connectivity index (χ2n) is 8.48. The molecule has 0 saturated carbocycles. The highest BCUT2D eigenvalue weighted by molar-refractivity contribution is 5.89. The zero-order chi connectivity index (χ0) is 25.9. The summed E-state index contributed by atoms with van der Waals surface area (Å²) >= 11 is 0. The Labute approximate surface area is 210 Å². The van der Waals surface area contributed by atoms with E-state index in [1.807, 2.05) is 68.4 Å². The monoisotopic (exact) mass is 490 g/mol. The molecule has 0 radical (unpaired) electrons. The summed E-state index contributed by atoms with van der Waals surface area (Å²) < 4.78 is 16.4. The Morgan fingerprint density at radius 3 is 2.17 bits per heavy atom. The quantitative estimate of drug-likeness (QED) is 0.391. The van der Waals surface area contributed by atoms with Gasteiger partial charge in [-0.25, -0.2) is 4.79 Å². The van der Waals surface area contributed by atoms with Gasteiger partial charge in [-0.2, -0.15) is 0 Å². The topological polar surface area (TPSA) is 117 Å². The maximum Gasteiger partial charge on any atom is 0.338 e. The number of nitrogens with one attached hydrogen (secondary N) is 1. The van der Waals surface area contributed by atoms with Gasteiger partial charge in [0.05, 0.1) is 11.6 Å². The van der Waals surface area contributed by atoms with E-state index in [4.69, 9.17) is 19.9 Å². The van der Waals surface area contributed by atoms with Crippen LogP contribution in [0.15, 0.2) is 78.9 Å². The van der Waals surface area contributed by atoms with Crippen molar-refractivity contribution < 1.29 is 28.6 Å². The molecule has 188 valence electrons. The number of benzene rings is 3. The molecule has 0 aromatic heterocycles. The van der Waals surface area contributed by atoms with E-state index in [2.05, 4.69) is 5.32 Å². The summed E-state index contributed by atoms with van der Waals surface area (Å²) in [5, 5.41) is 2.46. The van der Waals surface area contributed by atoms with Crippen LogP contribution in [0, 0.1) is 5.92 Å². The largest absolute Gasteiger partial charge is 0.460 e. The number of carbonyl (C=O) groups excluding carboxylic acids is 3. The van der Waals surface area contributed by atoms with Crippen molar-refractivity contribution in [2.24, 2.45) is 11.7 Å². The van der Waals surface area contributed by atoms with E-state index in [1.54, 1.807) is 24.3 Å². The minimum absolute atomic E-state index is 0.00840. The van der Waals surface area contributed by atoms with Crippen LogP contribution in [0.2, 0.25) is 0 Å². The van der Waals surface area contributed by atoms with Crippen molar-refractivity contribution >= 4 is 17.8 Å². The zero-order valence-corrected chi connectivity index (χ0v) is 20.3. The van der Waals surface area contributed by atoms with Gasteiger partial charge in [0.1, 0.15) is 31.3 Å². The second-order valence-corrected chi connectivity index (χ2v) is 8.48. The summed E-state index contributed by atoms with van der Waals surface area (Å²) in [5.41, 5.74) is 7.59. The molecule has 36 heavy (non-hydrogen) atoms. The first kappa shape index (κ1) is 26.4. The molecule has 1 amide bonds. The van der Waals surface area contributed by atoms with E-state index in [0.29, 0.717) is 16.9 Å². The molecule has 0 spiro atoms. The van der Waals surface area contributed by atoms with Crippen molar-refractivity contribution in [2.75, 3.05) is 6.54 Å². The molecule has 0 heterocycles. The Morgan fingerprint density at radius 1 is 0.806 bits per heavy atom. The lowest BCUT2D eigenvalue weighted by Gasteiger charge is -2.14. The summed E-state index contributed by atoms with van der Waals surface area (Å²) in [4.78, 5) is 36.1. The molecule has 0 aliphatic heterocycles. The smallest absolute Gasteiger partial charge is 0.338 e. The van der Waals surface area contributed by atoms with Crippen molar-refractivity contribution in [2.45, 2.75) is 33.1 Å². The van der Waals surface area contributed by atoms with Crippen LogP contribution in [0.25, 0.3) is 0 Å². The van der Waals surface area contributed by atoms with Crippen molar-refractivity contribution in [1.29, 1.82) is 0 Å². The Hall–Kier alpha value is -4.17. The Balaban J connectivity index is 1.43. The maximum atomic E-state index is 12.4. The van der Waals surface area contributed by atoms with Crippen LogP contribution in [-0.2, 0) is 32.3 Å². The molecule has 1 atom stereocenters. The van der Waals surface area contributed by atoms with Gasteiger partial charge < -0.3 is 25.3 Å². The molecule has 1 unspecified atom stereocenters. The van der Waals surface area contributed by atoms with Crippen LogP contribution in [0.4, 0.5) is 0 Å². The van der Waals surface area contributed by atoms with E-state index >= 15 is 0 Å². The third-order valence-corrected chi connectivity index (χ3v) is 5.26. The number of amides is 1. The van der Waals surface area contributed by atoms with Gasteiger partial charge in [-0.05, 0) is 53.4 Å². The fourth-order valence-corrected chi connectivity index (χ4v) is 3.09. The van der Waals surface area contributed by atoms with Crippen LogP contribution in [0.5, 0.6) is 11.5 Å². The van der Waals surface area contributed by atoms with Crippen LogP contribution in [0.1, 0.15) is 35.3 Å². The number of para-hydroxylation sites is 1. The molecule has 8 heteroatoms. The maximum absolute atomic E-state index is 12.4. The standard InChI is InChI=1S/C28H30N2O6/c1-19(2)26(29)27(32)30-16-25(31)34-17-20-11-13-22(14-12-20)28(33)35-18-21-7-6-10-24(15-21)36-23-8-4-3-5-9-23/h3-15,19,26H,16-18,29H2,1-2H3,(H,30,32). The van der Waals surface area contributed by atoms with Gasteiger partial charge >= 0.3 is 11.9 Å². The van der Waals surface area contributed by atoms with Gasteiger partial charge in [0.25, 0.3) is 0 Å². The van der Waals surface area contributed by atoms with Crippen molar-refractivity contribution in [1.82, 2.24) is 5.32 Å². The third kappa shape index (κ3) is 8.25. The van der Waals surface area contributed by atoms with Crippen LogP contribution < -0.4 is 15.8 Å². The number of rotatable bonds is 11. The van der Waals surface area contributed by atoms with Crippen LogP contribution in [-0.4, -0.2) is 30.4 Å². The Bertz CT molecular complexity index is 1160. The fraction of sp³-hybridized carbons (Fsp3) is 0.250. The van der Waals surface area contributed by atoms with Crippen LogP contribution >= 0.6 is 0 Å². The van der Waals surface area contributed by atoms with Crippen molar-refractivity contribution in [3.63, 3.8) is 0 Å². The highest BCUT2D eigenvalue weighted by Crippen LogP contribution is 2.22. The van der Waals surface area contributed by atoms with E-state index in [0.717, 1.165) is 11.3 Å². The Morgan fingerprint density at radius 2 is 1.47 bits per heavy atom. The zero-order valence-electron chi connectivity index (χ0n) is 20.3. The number of hydrogen-bond donors (Lipinski definition) is 2. The van der Waals surface area contributed by atoms with Gasteiger partial charge in [0, 0.05) is 0 Å². The molecule has 8 nitrogen and oxygen atoms in total. The van der Waals surface area contributed by atoms with Gasteiger partial charge in [-0.15, -0.1) is 0 Å². The average Bonchev–Trinajstić information content (AvgIpc) is 2.89. The molecular weight excluding hydrogens is 460 g/mol. The van der Waals surface area contributed by atoms with E-state index in [9.17, 15) is 14.4 Å². The minimum atomic E-state index is -0.684. The Kier molecular flexibility index (Phi) is 9.59. The number of ether oxygens (including phenoxy) is 3. The fourth-order valence-electron chi connectivity index (χ4n) is 3.09. The van der Waals surface area contributed by atoms with E-state index in [1.165, 1.54) is 0 Å². The first-order chi connectivity index (χ1) is 17.3. The molecule has 0 aliphatic rings. The molecule has 0 aliphatic carbocycles. The van der Waals surface area contributed by atoms with Gasteiger partial charge in [-0.3, -0.25) is 9.59 Å².